The monoisotopic (exact) mass is 390 g/mol. The maximum atomic E-state index is 12.1. The van der Waals surface area contributed by atoms with E-state index < -0.39 is 10.1 Å². The predicted octanol–water partition coefficient (Wildman–Crippen LogP) is 3.98. The van der Waals surface area contributed by atoms with E-state index in [2.05, 4.69) is 31.9 Å². The van der Waals surface area contributed by atoms with Crippen LogP contribution in [0.2, 0.25) is 0 Å². The zero-order valence-corrected chi connectivity index (χ0v) is 13.0. The first-order chi connectivity index (χ1) is 8.49. The van der Waals surface area contributed by atoms with Crippen molar-refractivity contribution in [2.24, 2.45) is 0 Å². The quantitative estimate of drug-likeness (QED) is 0.743. The van der Waals surface area contributed by atoms with E-state index in [4.69, 9.17) is 4.18 Å². The maximum Gasteiger partial charge on any atom is 0.340 e. The maximum absolute atomic E-state index is 12.1. The summed E-state index contributed by atoms with van der Waals surface area (Å²) in [6.07, 6.45) is 0. The number of hydrogen-bond donors (Lipinski definition) is 0. The van der Waals surface area contributed by atoms with Crippen LogP contribution in [0.3, 0.4) is 0 Å². The highest BCUT2D eigenvalue weighted by Crippen LogP contribution is 2.28. The van der Waals surface area contributed by atoms with Crippen LogP contribution in [0.1, 0.15) is 0 Å². The van der Waals surface area contributed by atoms with Crippen LogP contribution in [0.5, 0.6) is 5.75 Å². The van der Waals surface area contributed by atoms with E-state index in [1.54, 1.807) is 42.5 Å². The molecule has 0 bridgehead atoms. The first kappa shape index (κ1) is 13.6. The minimum absolute atomic E-state index is 0.0840. The fraction of sp³-hybridized carbons (Fsp3) is 0. The minimum atomic E-state index is -3.84. The van der Waals surface area contributed by atoms with Gasteiger partial charge in [0.25, 0.3) is 0 Å². The van der Waals surface area contributed by atoms with Gasteiger partial charge in [0, 0.05) is 8.95 Å². The molecule has 0 fully saturated rings. The van der Waals surface area contributed by atoms with Crippen molar-refractivity contribution in [2.45, 2.75) is 4.90 Å². The molecule has 0 spiro atoms. The van der Waals surface area contributed by atoms with Gasteiger partial charge in [0.2, 0.25) is 0 Å². The van der Waals surface area contributed by atoms with E-state index in [9.17, 15) is 8.42 Å². The highest BCUT2D eigenvalue weighted by atomic mass is 79.9. The van der Waals surface area contributed by atoms with Crippen molar-refractivity contribution in [1.29, 1.82) is 0 Å². The SMILES string of the molecule is O=S(=O)(Oc1ccccc1)c1cc(Br)ccc1Br. The summed E-state index contributed by atoms with van der Waals surface area (Å²) in [6.45, 7) is 0. The van der Waals surface area contributed by atoms with E-state index in [-0.39, 0.29) is 10.6 Å². The highest BCUT2D eigenvalue weighted by molar-refractivity contribution is 9.11. The van der Waals surface area contributed by atoms with Gasteiger partial charge in [-0.15, -0.1) is 0 Å². The molecule has 2 aromatic carbocycles. The predicted molar refractivity (Wildman–Crippen MR) is 76.1 cm³/mol. The zero-order chi connectivity index (χ0) is 13.2. The van der Waals surface area contributed by atoms with Crippen LogP contribution in [-0.4, -0.2) is 8.42 Å². The molecule has 0 amide bonds. The zero-order valence-electron chi connectivity index (χ0n) is 9.01. The Hall–Kier alpha value is -0.850. The Labute approximate surface area is 122 Å². The lowest BCUT2D eigenvalue weighted by atomic mass is 10.3. The Balaban J connectivity index is 2.40. The summed E-state index contributed by atoms with van der Waals surface area (Å²) in [6, 6.07) is 13.3. The largest absolute Gasteiger partial charge is 0.379 e. The molecule has 94 valence electrons. The molecule has 2 aromatic rings. The van der Waals surface area contributed by atoms with Gasteiger partial charge in [-0.05, 0) is 46.3 Å². The van der Waals surface area contributed by atoms with E-state index in [1.165, 1.54) is 6.07 Å². The number of para-hydroxylation sites is 1. The van der Waals surface area contributed by atoms with Crippen LogP contribution in [0.25, 0.3) is 0 Å². The second-order valence-electron chi connectivity index (χ2n) is 3.43. The third kappa shape index (κ3) is 3.13. The Kier molecular flexibility index (Phi) is 4.09. The average Bonchev–Trinajstić information content (AvgIpc) is 2.33. The summed E-state index contributed by atoms with van der Waals surface area (Å²) < 4.78 is 30.4. The van der Waals surface area contributed by atoms with Crippen molar-refractivity contribution < 1.29 is 12.6 Å². The molecule has 0 aliphatic carbocycles. The molecule has 0 N–H and O–H groups in total. The van der Waals surface area contributed by atoms with Crippen LogP contribution in [0.4, 0.5) is 0 Å². The van der Waals surface area contributed by atoms with Crippen LogP contribution in [-0.2, 0) is 10.1 Å². The molecule has 0 aliphatic rings. The molecule has 0 aromatic heterocycles. The molecule has 2 rings (SSSR count). The second kappa shape index (κ2) is 5.42. The number of halogens is 2. The summed E-state index contributed by atoms with van der Waals surface area (Å²) in [4.78, 5) is 0.0840. The van der Waals surface area contributed by atoms with Crippen LogP contribution in [0.15, 0.2) is 62.4 Å². The fourth-order valence-electron chi connectivity index (χ4n) is 1.32. The van der Waals surface area contributed by atoms with Crippen molar-refractivity contribution in [3.63, 3.8) is 0 Å². The van der Waals surface area contributed by atoms with Gasteiger partial charge < -0.3 is 4.18 Å². The van der Waals surface area contributed by atoms with E-state index in [0.29, 0.717) is 8.95 Å². The molecule has 0 atom stereocenters. The van der Waals surface area contributed by atoms with Crippen LogP contribution < -0.4 is 4.18 Å². The molecule has 0 radical (unpaired) electrons. The van der Waals surface area contributed by atoms with Crippen molar-refractivity contribution in [1.82, 2.24) is 0 Å². The summed E-state index contributed by atoms with van der Waals surface area (Å²) in [5.74, 6) is 0.282. The first-order valence-electron chi connectivity index (χ1n) is 4.93. The molecule has 6 heteroatoms. The molecule has 0 saturated heterocycles. The second-order valence-corrected chi connectivity index (χ2v) is 6.71. The number of benzene rings is 2. The summed E-state index contributed by atoms with van der Waals surface area (Å²) in [5.41, 5.74) is 0. The Morgan fingerprint density at radius 2 is 1.61 bits per heavy atom. The third-order valence-corrected chi connectivity index (χ3v) is 4.85. The fourth-order valence-corrected chi connectivity index (χ4v) is 3.70. The van der Waals surface area contributed by atoms with Gasteiger partial charge in [-0.25, -0.2) is 0 Å². The van der Waals surface area contributed by atoms with E-state index in [0.717, 1.165) is 0 Å². The van der Waals surface area contributed by atoms with Gasteiger partial charge in [0.05, 0.1) is 0 Å². The van der Waals surface area contributed by atoms with Gasteiger partial charge in [-0.3, -0.25) is 0 Å². The average molecular weight is 392 g/mol. The molecule has 0 aliphatic heterocycles. The van der Waals surface area contributed by atoms with Gasteiger partial charge in [0.15, 0.2) is 0 Å². The first-order valence-corrected chi connectivity index (χ1v) is 7.93. The normalized spacial score (nSPS) is 11.2. The topological polar surface area (TPSA) is 43.4 Å². The number of rotatable bonds is 3. The van der Waals surface area contributed by atoms with E-state index in [1.807, 2.05) is 0 Å². The Morgan fingerprint density at radius 1 is 0.944 bits per heavy atom. The van der Waals surface area contributed by atoms with Gasteiger partial charge in [-0.1, -0.05) is 34.1 Å². The summed E-state index contributed by atoms with van der Waals surface area (Å²) >= 11 is 6.43. The van der Waals surface area contributed by atoms with Crippen LogP contribution in [0, 0.1) is 0 Å². The van der Waals surface area contributed by atoms with Gasteiger partial charge in [-0.2, -0.15) is 8.42 Å². The molecule has 0 saturated carbocycles. The summed E-state index contributed by atoms with van der Waals surface area (Å²) in [5, 5.41) is 0. The Morgan fingerprint density at radius 3 is 2.28 bits per heavy atom. The molecule has 0 unspecified atom stereocenters. The highest BCUT2D eigenvalue weighted by Gasteiger charge is 2.20. The molecule has 3 nitrogen and oxygen atoms in total. The smallest absolute Gasteiger partial charge is 0.340 e. The van der Waals surface area contributed by atoms with Crippen molar-refractivity contribution in [3.05, 3.63) is 57.5 Å². The van der Waals surface area contributed by atoms with Crippen molar-refractivity contribution in [2.75, 3.05) is 0 Å². The van der Waals surface area contributed by atoms with E-state index >= 15 is 0 Å². The number of hydrogen-bond acceptors (Lipinski definition) is 3. The standard InChI is InChI=1S/C12H8Br2O3S/c13-9-6-7-11(14)12(8-9)18(15,16)17-10-4-2-1-3-5-10/h1-8H. The minimum Gasteiger partial charge on any atom is -0.379 e. The Bertz CT molecular complexity index is 654. The van der Waals surface area contributed by atoms with Crippen molar-refractivity contribution >= 4 is 42.0 Å². The molecule has 0 heterocycles. The summed E-state index contributed by atoms with van der Waals surface area (Å²) in [7, 11) is -3.84. The molecular formula is C12H8Br2O3S. The lowest BCUT2D eigenvalue weighted by molar-refractivity contribution is 0.485. The van der Waals surface area contributed by atoms with Crippen LogP contribution >= 0.6 is 31.9 Å². The molecule has 18 heavy (non-hydrogen) atoms. The third-order valence-electron chi connectivity index (χ3n) is 2.11. The van der Waals surface area contributed by atoms with Crippen molar-refractivity contribution in [3.8, 4) is 5.75 Å². The lowest BCUT2D eigenvalue weighted by Crippen LogP contribution is -2.10. The van der Waals surface area contributed by atoms with Gasteiger partial charge in [0.1, 0.15) is 10.6 Å². The molecular weight excluding hydrogens is 384 g/mol. The van der Waals surface area contributed by atoms with Gasteiger partial charge >= 0.3 is 10.1 Å². The lowest BCUT2D eigenvalue weighted by Gasteiger charge is -2.08.